The number of aromatic nitrogens is 2. The molecule has 0 N–H and O–H groups in total. The molecule has 0 bridgehead atoms. The first-order valence-corrected chi connectivity index (χ1v) is 6.70. The molecule has 0 unspecified atom stereocenters. The Labute approximate surface area is 94.8 Å². The van der Waals surface area contributed by atoms with Crippen molar-refractivity contribution in [3.63, 3.8) is 0 Å². The molecule has 0 aromatic carbocycles. The number of nitrogens with zero attached hydrogens (tertiary/aromatic N) is 2. The highest BCUT2D eigenvalue weighted by Gasteiger charge is 2.22. The lowest BCUT2D eigenvalue weighted by Gasteiger charge is -2.10. The molecule has 3 aromatic heterocycles. The van der Waals surface area contributed by atoms with E-state index in [9.17, 15) is 0 Å². The minimum absolute atomic E-state index is 1.12. The Morgan fingerprint density at radius 2 is 2.20 bits per heavy atom. The van der Waals surface area contributed by atoms with E-state index in [-0.39, 0.29) is 0 Å². The molecule has 2 nitrogen and oxygen atoms in total. The van der Waals surface area contributed by atoms with Crippen molar-refractivity contribution < 1.29 is 0 Å². The molecule has 0 atom stereocenters. The third-order valence-corrected chi connectivity index (χ3v) is 4.69. The number of rotatable bonds is 0. The number of hydrogen-bond acceptors (Lipinski definition) is 3. The first kappa shape index (κ1) is 8.07. The average Bonchev–Trinajstić information content (AvgIpc) is 2.90. The standard InChI is InChI=1S/C11H8N2S2/c1-2-9-7(3-5-14-9)10-8(1)13-4-6-15-11(13)12-10/h3-6H,1-2H2. The van der Waals surface area contributed by atoms with E-state index in [1.807, 2.05) is 11.3 Å². The summed E-state index contributed by atoms with van der Waals surface area (Å²) in [5.41, 5.74) is 3.96. The summed E-state index contributed by atoms with van der Waals surface area (Å²) in [7, 11) is 0. The molecule has 0 saturated heterocycles. The summed E-state index contributed by atoms with van der Waals surface area (Å²) in [5, 5.41) is 4.28. The van der Waals surface area contributed by atoms with Crippen molar-refractivity contribution in [2.45, 2.75) is 12.8 Å². The zero-order valence-electron chi connectivity index (χ0n) is 7.93. The third-order valence-electron chi connectivity index (χ3n) is 2.95. The summed E-state index contributed by atoms with van der Waals surface area (Å²) < 4.78 is 2.24. The quantitative estimate of drug-likeness (QED) is 0.581. The van der Waals surface area contributed by atoms with E-state index < -0.39 is 0 Å². The summed E-state index contributed by atoms with van der Waals surface area (Å²) in [6.07, 6.45) is 4.42. The Kier molecular flexibility index (Phi) is 1.46. The second kappa shape index (κ2) is 2.71. The number of fused-ring (bicyclic) bond motifs is 5. The number of thiophene rings is 1. The second-order valence-corrected chi connectivity index (χ2v) is 5.59. The number of aryl methyl sites for hydroxylation is 2. The summed E-state index contributed by atoms with van der Waals surface area (Å²) in [6, 6.07) is 2.20. The molecule has 1 aliphatic carbocycles. The largest absolute Gasteiger partial charge is 0.294 e. The van der Waals surface area contributed by atoms with Crippen LogP contribution in [-0.4, -0.2) is 9.38 Å². The maximum atomic E-state index is 4.71. The normalized spacial score (nSPS) is 14.1. The van der Waals surface area contributed by atoms with Crippen molar-refractivity contribution in [1.82, 2.24) is 9.38 Å². The Bertz CT molecular complexity index is 644. The highest BCUT2D eigenvalue weighted by atomic mass is 32.1. The van der Waals surface area contributed by atoms with Gasteiger partial charge in [0.15, 0.2) is 4.96 Å². The van der Waals surface area contributed by atoms with Crippen LogP contribution in [0.3, 0.4) is 0 Å². The molecule has 4 heteroatoms. The van der Waals surface area contributed by atoms with Gasteiger partial charge in [0, 0.05) is 22.0 Å². The van der Waals surface area contributed by atoms with E-state index in [2.05, 4.69) is 27.4 Å². The highest BCUT2D eigenvalue weighted by Crippen LogP contribution is 2.37. The fourth-order valence-corrected chi connectivity index (χ4v) is 3.88. The lowest BCUT2D eigenvalue weighted by molar-refractivity contribution is 0.899. The topological polar surface area (TPSA) is 17.3 Å². The zero-order chi connectivity index (χ0) is 9.83. The van der Waals surface area contributed by atoms with Crippen molar-refractivity contribution in [3.05, 3.63) is 33.6 Å². The molecule has 0 amide bonds. The zero-order valence-corrected chi connectivity index (χ0v) is 9.57. The molecule has 3 aromatic rings. The van der Waals surface area contributed by atoms with Crippen molar-refractivity contribution in [2.24, 2.45) is 0 Å². The molecule has 0 saturated carbocycles. The van der Waals surface area contributed by atoms with Gasteiger partial charge in [0.2, 0.25) is 0 Å². The molecule has 15 heavy (non-hydrogen) atoms. The number of hydrogen-bond donors (Lipinski definition) is 0. The van der Waals surface area contributed by atoms with E-state index >= 15 is 0 Å². The minimum Gasteiger partial charge on any atom is -0.294 e. The van der Waals surface area contributed by atoms with Crippen molar-refractivity contribution in [3.8, 4) is 11.3 Å². The monoisotopic (exact) mass is 232 g/mol. The molecule has 0 fully saturated rings. The van der Waals surface area contributed by atoms with E-state index in [1.54, 1.807) is 11.3 Å². The van der Waals surface area contributed by atoms with Gasteiger partial charge in [-0.2, -0.15) is 0 Å². The van der Waals surface area contributed by atoms with Crippen molar-refractivity contribution in [2.75, 3.05) is 0 Å². The van der Waals surface area contributed by atoms with Gasteiger partial charge in [-0.05, 0) is 24.3 Å². The molecule has 1 aliphatic rings. The van der Waals surface area contributed by atoms with Crippen LogP contribution >= 0.6 is 22.7 Å². The lowest BCUT2D eigenvalue weighted by atomic mass is 10.0. The highest BCUT2D eigenvalue weighted by molar-refractivity contribution is 7.15. The number of thiazole rings is 1. The average molecular weight is 232 g/mol. The van der Waals surface area contributed by atoms with Crippen molar-refractivity contribution in [1.29, 1.82) is 0 Å². The van der Waals surface area contributed by atoms with Crippen LogP contribution in [0.15, 0.2) is 23.0 Å². The third kappa shape index (κ3) is 0.957. The molecule has 4 rings (SSSR count). The fourth-order valence-electron chi connectivity index (χ4n) is 2.26. The van der Waals surface area contributed by atoms with Crippen molar-refractivity contribution >= 4 is 27.6 Å². The predicted molar refractivity (Wildman–Crippen MR) is 63.8 cm³/mol. The first-order chi connectivity index (χ1) is 7.43. The maximum absolute atomic E-state index is 4.71. The van der Waals surface area contributed by atoms with Crippen LogP contribution in [0.5, 0.6) is 0 Å². The molecule has 0 radical (unpaired) electrons. The van der Waals surface area contributed by atoms with Gasteiger partial charge in [0.25, 0.3) is 0 Å². The Morgan fingerprint density at radius 3 is 3.20 bits per heavy atom. The summed E-state index contributed by atoms with van der Waals surface area (Å²) in [4.78, 5) is 7.33. The van der Waals surface area contributed by atoms with Crippen LogP contribution in [0, 0.1) is 0 Å². The maximum Gasteiger partial charge on any atom is 0.194 e. The van der Waals surface area contributed by atoms with Gasteiger partial charge in [-0.1, -0.05) is 0 Å². The minimum atomic E-state index is 1.12. The summed E-state index contributed by atoms with van der Waals surface area (Å²) >= 11 is 3.57. The van der Waals surface area contributed by atoms with E-state index in [1.165, 1.54) is 28.2 Å². The van der Waals surface area contributed by atoms with Gasteiger partial charge >= 0.3 is 0 Å². The van der Waals surface area contributed by atoms with Gasteiger partial charge in [-0.25, -0.2) is 4.98 Å². The summed E-state index contributed by atoms with van der Waals surface area (Å²) in [6.45, 7) is 0. The van der Waals surface area contributed by atoms with Gasteiger partial charge in [0.05, 0.1) is 11.4 Å². The SMILES string of the molecule is c1cc2c(s1)CCc1c-2nc2sccn12. The molecule has 3 heterocycles. The summed E-state index contributed by atoms with van der Waals surface area (Å²) in [5.74, 6) is 0. The molecule has 74 valence electrons. The fraction of sp³-hybridized carbons (Fsp3) is 0.182. The Morgan fingerprint density at radius 1 is 1.20 bits per heavy atom. The second-order valence-electron chi connectivity index (χ2n) is 3.72. The molecular weight excluding hydrogens is 224 g/mol. The van der Waals surface area contributed by atoms with Gasteiger partial charge in [0.1, 0.15) is 0 Å². The van der Waals surface area contributed by atoms with Gasteiger partial charge in [-0.3, -0.25) is 4.40 Å². The van der Waals surface area contributed by atoms with Crippen LogP contribution in [0.4, 0.5) is 0 Å². The van der Waals surface area contributed by atoms with E-state index in [4.69, 9.17) is 4.98 Å². The lowest BCUT2D eigenvalue weighted by Crippen LogP contribution is -2.02. The van der Waals surface area contributed by atoms with Gasteiger partial charge in [-0.15, -0.1) is 22.7 Å². The van der Waals surface area contributed by atoms with Crippen LogP contribution in [0.25, 0.3) is 16.2 Å². The molecule has 0 spiro atoms. The molecular formula is C11H8N2S2. The Hall–Kier alpha value is -1.13. The van der Waals surface area contributed by atoms with Crippen LogP contribution in [-0.2, 0) is 12.8 Å². The first-order valence-electron chi connectivity index (χ1n) is 4.94. The Balaban J connectivity index is 2.14. The number of imidazole rings is 1. The van der Waals surface area contributed by atoms with E-state index in [0.29, 0.717) is 0 Å². The van der Waals surface area contributed by atoms with Crippen LogP contribution < -0.4 is 0 Å². The van der Waals surface area contributed by atoms with Gasteiger partial charge < -0.3 is 0 Å². The van der Waals surface area contributed by atoms with Crippen LogP contribution in [0.1, 0.15) is 10.6 Å². The molecule has 0 aliphatic heterocycles. The van der Waals surface area contributed by atoms with E-state index in [0.717, 1.165) is 11.4 Å². The van der Waals surface area contributed by atoms with Crippen LogP contribution in [0.2, 0.25) is 0 Å². The predicted octanol–water partition coefficient (Wildman–Crippen LogP) is 3.22. The smallest absolute Gasteiger partial charge is 0.194 e.